The van der Waals surface area contributed by atoms with E-state index >= 15 is 0 Å². The minimum Gasteiger partial charge on any atom is -0.352 e. The molecule has 1 saturated heterocycles. The van der Waals surface area contributed by atoms with Crippen molar-refractivity contribution in [3.8, 4) is 0 Å². The van der Waals surface area contributed by atoms with Crippen molar-refractivity contribution in [1.82, 2.24) is 14.9 Å². The normalized spacial score (nSPS) is 16.6. The second kappa shape index (κ2) is 9.57. The number of hydrogen-bond donors (Lipinski definition) is 2. The summed E-state index contributed by atoms with van der Waals surface area (Å²) in [6, 6.07) is 6.88. The Morgan fingerprint density at radius 1 is 1.25 bits per heavy atom. The Bertz CT molecular complexity index is 639. The number of benzene rings is 1. The molecule has 0 saturated carbocycles. The molecule has 0 bridgehead atoms. The molecule has 0 aromatic heterocycles. The first-order valence-corrected chi connectivity index (χ1v) is 9.42. The smallest absolute Gasteiger partial charge is 0.240 e. The van der Waals surface area contributed by atoms with E-state index < -0.39 is 10.0 Å². The van der Waals surface area contributed by atoms with Gasteiger partial charge >= 0.3 is 0 Å². The van der Waals surface area contributed by atoms with Crippen molar-refractivity contribution in [2.45, 2.75) is 31.2 Å². The van der Waals surface area contributed by atoms with Crippen molar-refractivity contribution >= 4 is 40.0 Å². The number of nitrogens with one attached hydrogen (secondary N) is 2. The molecule has 0 atom stereocenters. The molecule has 6 nitrogen and oxygen atoms in total. The minimum atomic E-state index is -3.38. The third-order valence-corrected chi connectivity index (χ3v) is 5.68. The lowest BCUT2D eigenvalue weighted by Gasteiger charge is -2.32. The van der Waals surface area contributed by atoms with Crippen molar-refractivity contribution < 1.29 is 8.42 Å². The summed E-state index contributed by atoms with van der Waals surface area (Å²) in [5.41, 5.74) is 1.02. The molecule has 2 rings (SSSR count). The first-order valence-electron chi connectivity index (χ1n) is 7.94. The van der Waals surface area contributed by atoms with Crippen molar-refractivity contribution in [3.05, 3.63) is 29.8 Å². The molecule has 2 N–H and O–H groups in total. The highest BCUT2D eigenvalue weighted by atomic mass is 127. The summed E-state index contributed by atoms with van der Waals surface area (Å²) in [5, 5.41) is 3.35. The summed E-state index contributed by atoms with van der Waals surface area (Å²) in [7, 11) is -0.170. The van der Waals surface area contributed by atoms with Crippen molar-refractivity contribution in [3.63, 3.8) is 0 Å². The molecule has 0 radical (unpaired) electrons. The van der Waals surface area contributed by atoms with Crippen molar-refractivity contribution in [2.75, 3.05) is 27.2 Å². The minimum absolute atomic E-state index is 0. The van der Waals surface area contributed by atoms with Crippen LogP contribution < -0.4 is 10.0 Å². The van der Waals surface area contributed by atoms with Gasteiger partial charge in [-0.25, -0.2) is 13.1 Å². The molecule has 0 unspecified atom stereocenters. The van der Waals surface area contributed by atoms with E-state index in [1.165, 1.54) is 19.9 Å². The Labute approximate surface area is 162 Å². The highest BCUT2D eigenvalue weighted by Gasteiger charge is 2.18. The van der Waals surface area contributed by atoms with Crippen LogP contribution in [0.25, 0.3) is 0 Å². The quantitative estimate of drug-likeness (QED) is 0.405. The van der Waals surface area contributed by atoms with Gasteiger partial charge in [0, 0.05) is 26.7 Å². The van der Waals surface area contributed by atoms with E-state index in [9.17, 15) is 8.42 Å². The number of likely N-dealkylation sites (tertiary alicyclic amines) is 1. The van der Waals surface area contributed by atoms with Crippen molar-refractivity contribution in [1.29, 1.82) is 0 Å². The van der Waals surface area contributed by atoms with Crippen LogP contribution in [-0.2, 0) is 16.6 Å². The fraction of sp³-hybridized carbons (Fsp3) is 0.562. The molecule has 24 heavy (non-hydrogen) atoms. The van der Waals surface area contributed by atoms with Gasteiger partial charge in [0.2, 0.25) is 10.0 Å². The summed E-state index contributed by atoms with van der Waals surface area (Å²) < 4.78 is 25.7. The van der Waals surface area contributed by atoms with Gasteiger partial charge in [-0.2, -0.15) is 0 Å². The number of hydrogen-bond acceptors (Lipinski definition) is 3. The molecule has 1 aliphatic rings. The zero-order valence-electron chi connectivity index (χ0n) is 14.4. The molecule has 0 amide bonds. The Morgan fingerprint density at radius 2 is 1.83 bits per heavy atom. The van der Waals surface area contributed by atoms with Crippen molar-refractivity contribution in [2.24, 2.45) is 10.9 Å². The van der Waals surface area contributed by atoms with E-state index in [-0.39, 0.29) is 28.9 Å². The van der Waals surface area contributed by atoms with Gasteiger partial charge in [0.1, 0.15) is 0 Å². The SMILES string of the molecule is CN=C(NCc1ccc(S(=O)(=O)NC)cc1)N1CCC(C)CC1.I. The molecule has 0 aliphatic carbocycles. The Balaban J connectivity index is 0.00000288. The molecule has 8 heteroatoms. The monoisotopic (exact) mass is 466 g/mol. The number of halogens is 1. The molecule has 1 heterocycles. The molecular weight excluding hydrogens is 439 g/mol. The molecular formula is C16H27IN4O2S. The Kier molecular flexibility index (Phi) is 8.44. The molecule has 1 aromatic rings. The maximum Gasteiger partial charge on any atom is 0.240 e. The average Bonchev–Trinajstić information content (AvgIpc) is 2.57. The molecule has 1 aromatic carbocycles. The van der Waals surface area contributed by atoms with Crippen LogP contribution in [0.4, 0.5) is 0 Å². The van der Waals surface area contributed by atoms with Crippen LogP contribution in [0.5, 0.6) is 0 Å². The number of nitrogens with zero attached hydrogens (tertiary/aromatic N) is 2. The van der Waals surface area contributed by atoms with Crippen LogP contribution >= 0.6 is 24.0 Å². The summed E-state index contributed by atoms with van der Waals surface area (Å²) >= 11 is 0. The third kappa shape index (κ3) is 5.59. The lowest BCUT2D eigenvalue weighted by atomic mass is 10.00. The first kappa shape index (κ1) is 21.2. The predicted octanol–water partition coefficient (Wildman–Crippen LogP) is 2.02. The van der Waals surface area contributed by atoms with Gasteiger partial charge in [0.25, 0.3) is 0 Å². The predicted molar refractivity (Wildman–Crippen MR) is 108 cm³/mol. The molecule has 136 valence electrons. The first-order chi connectivity index (χ1) is 11.0. The maximum atomic E-state index is 11.7. The molecule has 0 spiro atoms. The van der Waals surface area contributed by atoms with Gasteiger partial charge in [-0.15, -0.1) is 24.0 Å². The number of guanidine groups is 1. The number of piperidine rings is 1. The fourth-order valence-corrected chi connectivity index (χ4v) is 3.37. The van der Waals surface area contributed by atoms with E-state index in [1.54, 1.807) is 19.2 Å². The molecule has 1 aliphatic heterocycles. The van der Waals surface area contributed by atoms with E-state index in [4.69, 9.17) is 0 Å². The number of aliphatic imine (C=N–C) groups is 1. The lowest BCUT2D eigenvalue weighted by molar-refractivity contribution is 0.273. The number of sulfonamides is 1. The van der Waals surface area contributed by atoms with Crippen LogP contribution in [0, 0.1) is 5.92 Å². The second-order valence-electron chi connectivity index (χ2n) is 5.92. The highest BCUT2D eigenvalue weighted by molar-refractivity contribution is 14.0. The lowest BCUT2D eigenvalue weighted by Crippen LogP contribution is -2.45. The van der Waals surface area contributed by atoms with E-state index in [1.807, 2.05) is 12.1 Å². The zero-order chi connectivity index (χ0) is 16.9. The highest BCUT2D eigenvalue weighted by Crippen LogP contribution is 2.16. The standard InChI is InChI=1S/C16H26N4O2S.HI/c1-13-8-10-20(11-9-13)16(17-2)19-12-14-4-6-15(7-5-14)23(21,22)18-3;/h4-7,13,18H,8-12H2,1-3H3,(H,17,19);1H. The maximum absolute atomic E-state index is 11.7. The van der Waals surface area contributed by atoms with Gasteiger partial charge < -0.3 is 10.2 Å². The van der Waals surface area contributed by atoms with Crippen LogP contribution in [0.3, 0.4) is 0 Å². The molecule has 1 fully saturated rings. The van der Waals surface area contributed by atoms with Crippen LogP contribution in [0.1, 0.15) is 25.3 Å². The largest absolute Gasteiger partial charge is 0.352 e. The van der Waals surface area contributed by atoms with Crippen LogP contribution in [0.15, 0.2) is 34.2 Å². The van der Waals surface area contributed by atoms with Crippen LogP contribution in [0.2, 0.25) is 0 Å². The Hall–Kier alpha value is -0.870. The summed E-state index contributed by atoms with van der Waals surface area (Å²) in [4.78, 5) is 6.90. The van der Waals surface area contributed by atoms with E-state index in [2.05, 4.69) is 26.9 Å². The van der Waals surface area contributed by atoms with Gasteiger partial charge in [-0.1, -0.05) is 19.1 Å². The van der Waals surface area contributed by atoms with Gasteiger partial charge in [0.15, 0.2) is 5.96 Å². The zero-order valence-corrected chi connectivity index (χ0v) is 17.6. The third-order valence-electron chi connectivity index (χ3n) is 4.25. The second-order valence-corrected chi connectivity index (χ2v) is 7.81. The fourth-order valence-electron chi connectivity index (χ4n) is 2.64. The van der Waals surface area contributed by atoms with Gasteiger partial charge in [-0.05, 0) is 43.5 Å². The summed E-state index contributed by atoms with van der Waals surface area (Å²) in [6.45, 7) is 4.97. The van der Waals surface area contributed by atoms with Gasteiger partial charge in [0.05, 0.1) is 4.90 Å². The Morgan fingerprint density at radius 3 is 2.33 bits per heavy atom. The van der Waals surface area contributed by atoms with E-state index in [0.717, 1.165) is 30.5 Å². The topological polar surface area (TPSA) is 73.8 Å². The van der Waals surface area contributed by atoms with Crippen LogP contribution in [-0.4, -0.2) is 46.5 Å². The average molecular weight is 466 g/mol. The van der Waals surface area contributed by atoms with E-state index in [0.29, 0.717) is 6.54 Å². The summed E-state index contributed by atoms with van der Waals surface area (Å²) in [6.07, 6.45) is 2.38. The number of rotatable bonds is 4. The van der Waals surface area contributed by atoms with Gasteiger partial charge in [-0.3, -0.25) is 4.99 Å². The summed E-state index contributed by atoms with van der Waals surface area (Å²) in [5.74, 6) is 1.69.